The lowest BCUT2D eigenvalue weighted by Gasteiger charge is -2.46. The van der Waals surface area contributed by atoms with Crippen LogP contribution in [0.2, 0.25) is 0 Å². The lowest BCUT2D eigenvalue weighted by atomic mass is 9.97. The quantitative estimate of drug-likeness (QED) is 0.101. The highest BCUT2D eigenvalue weighted by Crippen LogP contribution is 2.40. The molecular weight excluding hydrogens is 704 g/mol. The monoisotopic (exact) mass is 742 g/mol. The molecule has 286 valence electrons. The van der Waals surface area contributed by atoms with Crippen molar-refractivity contribution in [2.75, 3.05) is 13.2 Å². The van der Waals surface area contributed by atoms with Crippen LogP contribution in [0.5, 0.6) is 28.7 Å². The number of phenolic OH excluding ortho intramolecular Hbond substituents is 4. The van der Waals surface area contributed by atoms with Crippen molar-refractivity contribution in [2.45, 2.75) is 92.9 Å². The van der Waals surface area contributed by atoms with Gasteiger partial charge in [0.25, 0.3) is 0 Å². The highest BCUT2D eigenvalue weighted by atomic mass is 16.8. The zero-order valence-electron chi connectivity index (χ0n) is 27.0. The molecule has 1 aromatic heterocycles. The summed E-state index contributed by atoms with van der Waals surface area (Å²) in [4.78, 5) is 13.9. The Hall–Kier alpha value is -3.87. The zero-order valence-corrected chi connectivity index (χ0v) is 27.0. The predicted octanol–water partition coefficient (Wildman–Crippen LogP) is -3.22. The molecule has 14 unspecified atom stereocenters. The molecule has 3 aliphatic heterocycles. The van der Waals surface area contributed by atoms with Crippen LogP contribution in [0.3, 0.4) is 0 Å². The van der Waals surface area contributed by atoms with Gasteiger partial charge in [-0.25, -0.2) is 0 Å². The van der Waals surface area contributed by atoms with Gasteiger partial charge in [0.15, 0.2) is 35.9 Å². The van der Waals surface area contributed by atoms with Crippen LogP contribution in [0, 0.1) is 0 Å². The van der Waals surface area contributed by atoms with Crippen molar-refractivity contribution in [1.82, 2.24) is 0 Å². The highest BCUT2D eigenvalue weighted by Gasteiger charge is 2.51. The Kier molecular flexibility index (Phi) is 10.8. The van der Waals surface area contributed by atoms with E-state index in [1.54, 1.807) is 0 Å². The molecule has 0 radical (unpaired) electrons. The molecule has 2 aromatic carbocycles. The van der Waals surface area contributed by atoms with Gasteiger partial charge in [0.2, 0.25) is 17.5 Å². The first-order chi connectivity index (χ1) is 24.6. The number of hydrogen-bond acceptors (Lipinski definition) is 20. The summed E-state index contributed by atoms with van der Waals surface area (Å²) in [6, 6.07) is 5.18. The molecule has 14 atom stereocenters. The van der Waals surface area contributed by atoms with Crippen molar-refractivity contribution in [2.24, 2.45) is 0 Å². The van der Waals surface area contributed by atoms with Crippen LogP contribution in [-0.2, 0) is 23.7 Å². The molecule has 3 fully saturated rings. The lowest BCUT2D eigenvalue weighted by molar-refractivity contribution is -0.360. The topological polar surface area (TPSA) is 328 Å². The van der Waals surface area contributed by atoms with E-state index in [4.69, 9.17) is 32.8 Å². The van der Waals surface area contributed by atoms with Gasteiger partial charge in [0, 0.05) is 17.7 Å². The highest BCUT2D eigenvalue weighted by molar-refractivity contribution is 5.88. The van der Waals surface area contributed by atoms with Crippen LogP contribution in [0.25, 0.3) is 22.3 Å². The summed E-state index contributed by atoms with van der Waals surface area (Å²) in [5, 5.41) is 124. The van der Waals surface area contributed by atoms with E-state index in [0.29, 0.717) is 0 Å². The lowest BCUT2D eigenvalue weighted by Crippen LogP contribution is -2.64. The Morgan fingerprint density at radius 1 is 0.731 bits per heavy atom. The Labute approximate surface area is 292 Å². The number of aliphatic hydroxyl groups excluding tert-OH is 8. The smallest absolute Gasteiger partial charge is 0.239 e. The maximum atomic E-state index is 13.9. The third kappa shape index (κ3) is 7.09. The standard InChI is InChI=1S/C32H38O20/c1-9-19(38)24(43)29(52-31-26(45)23(42)21(40)17(50-31)8-47-30-25(44)20(39)15(37)7-46-30)32(48-9)51-28-22(41)18-14(36)5-11(33)6-16(18)49-27(28)10-2-3-12(34)13(35)4-10/h2-6,9,15,17,19-21,23-26,29-40,42-45H,7-8H2,1H3. The van der Waals surface area contributed by atoms with Gasteiger partial charge in [-0.3, -0.25) is 4.79 Å². The molecular formula is C32H38O20. The second-order valence-corrected chi connectivity index (χ2v) is 12.6. The van der Waals surface area contributed by atoms with Crippen molar-refractivity contribution in [1.29, 1.82) is 0 Å². The van der Waals surface area contributed by atoms with Crippen LogP contribution < -0.4 is 10.2 Å². The summed E-state index contributed by atoms with van der Waals surface area (Å²) in [7, 11) is 0. The summed E-state index contributed by atoms with van der Waals surface area (Å²) >= 11 is 0. The number of hydrogen-bond donors (Lipinski definition) is 12. The van der Waals surface area contributed by atoms with Crippen molar-refractivity contribution in [3.05, 3.63) is 40.6 Å². The number of rotatable bonds is 8. The average Bonchev–Trinajstić information content (AvgIpc) is 3.10. The van der Waals surface area contributed by atoms with Crippen LogP contribution in [0.15, 0.2) is 39.5 Å². The molecule has 3 aliphatic rings. The minimum atomic E-state index is -2.02. The molecule has 0 amide bonds. The van der Waals surface area contributed by atoms with Crippen molar-refractivity contribution in [3.63, 3.8) is 0 Å². The molecule has 0 spiro atoms. The van der Waals surface area contributed by atoms with E-state index in [9.17, 15) is 66.1 Å². The normalized spacial score (nSPS) is 36.9. The summed E-state index contributed by atoms with van der Waals surface area (Å²) in [5.41, 5.74) is -1.43. The minimum Gasteiger partial charge on any atom is -0.508 e. The average molecular weight is 743 g/mol. The molecule has 3 aromatic rings. The molecule has 20 nitrogen and oxygen atoms in total. The number of phenols is 4. The molecule has 3 saturated heterocycles. The molecule has 0 bridgehead atoms. The Bertz CT molecular complexity index is 1800. The third-order valence-electron chi connectivity index (χ3n) is 9.01. The maximum absolute atomic E-state index is 13.9. The minimum absolute atomic E-state index is 0.0610. The van der Waals surface area contributed by atoms with E-state index in [2.05, 4.69) is 0 Å². The summed E-state index contributed by atoms with van der Waals surface area (Å²) < 4.78 is 39.5. The van der Waals surface area contributed by atoms with E-state index in [0.717, 1.165) is 24.3 Å². The van der Waals surface area contributed by atoms with Crippen molar-refractivity contribution in [3.8, 4) is 40.1 Å². The van der Waals surface area contributed by atoms with E-state index < -0.39 is 145 Å². The third-order valence-corrected chi connectivity index (χ3v) is 9.01. The second-order valence-electron chi connectivity index (χ2n) is 12.6. The van der Waals surface area contributed by atoms with Crippen LogP contribution >= 0.6 is 0 Å². The first kappa shape index (κ1) is 37.9. The molecule has 52 heavy (non-hydrogen) atoms. The summed E-state index contributed by atoms with van der Waals surface area (Å²) in [6.07, 6.45) is -24.0. The van der Waals surface area contributed by atoms with Gasteiger partial charge in [0.05, 0.1) is 19.3 Å². The van der Waals surface area contributed by atoms with Gasteiger partial charge < -0.3 is 94.1 Å². The molecule has 12 N–H and O–H groups in total. The maximum Gasteiger partial charge on any atom is 0.239 e. The van der Waals surface area contributed by atoms with Crippen molar-refractivity contribution >= 4 is 11.0 Å². The van der Waals surface area contributed by atoms with Gasteiger partial charge in [-0.05, 0) is 25.1 Å². The van der Waals surface area contributed by atoms with E-state index in [1.165, 1.54) is 13.0 Å². The number of ether oxygens (including phenoxy) is 6. The van der Waals surface area contributed by atoms with Gasteiger partial charge in [-0.2, -0.15) is 0 Å². The fourth-order valence-electron chi connectivity index (χ4n) is 6.03. The largest absolute Gasteiger partial charge is 0.508 e. The Morgan fingerprint density at radius 3 is 2.15 bits per heavy atom. The first-order valence-corrected chi connectivity index (χ1v) is 15.9. The number of benzene rings is 2. The van der Waals surface area contributed by atoms with Crippen LogP contribution in [0.4, 0.5) is 0 Å². The molecule has 0 saturated carbocycles. The molecule has 4 heterocycles. The fourth-order valence-corrected chi connectivity index (χ4v) is 6.03. The van der Waals surface area contributed by atoms with E-state index in [1.807, 2.05) is 0 Å². The molecule has 0 aliphatic carbocycles. The fraction of sp³-hybridized carbons (Fsp3) is 0.531. The molecule has 20 heteroatoms. The number of aromatic hydroxyl groups is 4. The molecule has 6 rings (SSSR count). The second kappa shape index (κ2) is 14.9. The predicted molar refractivity (Wildman–Crippen MR) is 167 cm³/mol. The number of aliphatic hydroxyl groups is 8. The SMILES string of the molecule is CC1OC(Oc2c(-c3ccc(O)c(O)c3)oc3cc(O)cc(O)c3c2=O)C(OC2OC(COC3OCC(O)C(O)C3O)C(O)C(O)C2O)C(O)C1O. The van der Waals surface area contributed by atoms with Gasteiger partial charge >= 0.3 is 0 Å². The van der Waals surface area contributed by atoms with Crippen LogP contribution in [0.1, 0.15) is 6.92 Å². The van der Waals surface area contributed by atoms with E-state index in [-0.39, 0.29) is 11.1 Å². The van der Waals surface area contributed by atoms with Gasteiger partial charge in [-0.15, -0.1) is 0 Å². The Balaban J connectivity index is 1.32. The van der Waals surface area contributed by atoms with E-state index >= 15 is 0 Å². The van der Waals surface area contributed by atoms with Gasteiger partial charge in [-0.1, -0.05) is 0 Å². The van der Waals surface area contributed by atoms with Crippen LogP contribution in [-0.4, -0.2) is 161 Å². The number of fused-ring (bicyclic) bond motifs is 1. The summed E-state index contributed by atoms with van der Waals surface area (Å²) in [5.74, 6) is -3.49. The summed E-state index contributed by atoms with van der Waals surface area (Å²) in [6.45, 7) is 0.297. The zero-order chi connectivity index (χ0) is 37.8. The van der Waals surface area contributed by atoms with Gasteiger partial charge in [0.1, 0.15) is 77.4 Å². The Morgan fingerprint density at radius 2 is 1.44 bits per heavy atom. The first-order valence-electron chi connectivity index (χ1n) is 15.9. The van der Waals surface area contributed by atoms with Crippen molar-refractivity contribution < 1.29 is 94.1 Å².